The molecule has 13 heavy (non-hydrogen) atoms. The number of carbonyl (C=O) groups is 1. The zero-order valence-electron chi connectivity index (χ0n) is 8.54. The Kier molecular flexibility index (Phi) is 4.95. The molecule has 0 aliphatic rings. The summed E-state index contributed by atoms with van der Waals surface area (Å²) in [6, 6.07) is -0.903. The van der Waals surface area contributed by atoms with E-state index in [1.807, 2.05) is 0 Å². The topological polar surface area (TPSA) is 72.5 Å². The number of rotatable bonds is 5. The van der Waals surface area contributed by atoms with Crippen molar-refractivity contribution < 1.29 is 14.6 Å². The first-order chi connectivity index (χ1) is 5.83. The van der Waals surface area contributed by atoms with E-state index in [-0.39, 0.29) is 12.0 Å². The van der Waals surface area contributed by atoms with Gasteiger partial charge in [0, 0.05) is 6.61 Å². The summed E-state index contributed by atoms with van der Waals surface area (Å²) in [7, 11) is 0. The molecule has 0 aromatic carbocycles. The van der Waals surface area contributed by atoms with Crippen molar-refractivity contribution in [3.8, 4) is 0 Å². The van der Waals surface area contributed by atoms with Gasteiger partial charge < -0.3 is 15.6 Å². The first-order valence-electron chi connectivity index (χ1n) is 4.39. The molecule has 0 heterocycles. The van der Waals surface area contributed by atoms with Crippen molar-refractivity contribution in [2.24, 2.45) is 11.1 Å². The number of ether oxygens (including phenoxy) is 1. The molecular formula is C9H19NO3. The molecule has 0 bridgehead atoms. The third-order valence-electron chi connectivity index (χ3n) is 1.61. The third-order valence-corrected chi connectivity index (χ3v) is 1.61. The van der Waals surface area contributed by atoms with E-state index in [1.165, 1.54) is 0 Å². The van der Waals surface area contributed by atoms with Crippen molar-refractivity contribution in [2.75, 3.05) is 13.2 Å². The lowest BCUT2D eigenvalue weighted by Crippen LogP contribution is -2.35. The van der Waals surface area contributed by atoms with E-state index < -0.39 is 12.0 Å². The summed E-state index contributed by atoms with van der Waals surface area (Å²) in [5.41, 5.74) is 5.46. The maximum Gasteiger partial charge on any atom is 0.322 e. The first kappa shape index (κ1) is 12.4. The maximum absolute atomic E-state index is 10.3. The van der Waals surface area contributed by atoms with Gasteiger partial charge in [-0.25, -0.2) is 0 Å². The van der Waals surface area contributed by atoms with Gasteiger partial charge in [0.25, 0.3) is 0 Å². The summed E-state index contributed by atoms with van der Waals surface area (Å²) in [6.45, 7) is 6.96. The van der Waals surface area contributed by atoms with Gasteiger partial charge in [-0.05, 0) is 11.8 Å². The maximum atomic E-state index is 10.3. The Morgan fingerprint density at radius 3 is 2.46 bits per heavy atom. The molecular weight excluding hydrogens is 170 g/mol. The monoisotopic (exact) mass is 189 g/mol. The molecule has 0 aliphatic carbocycles. The highest BCUT2D eigenvalue weighted by molar-refractivity contribution is 5.73. The fourth-order valence-corrected chi connectivity index (χ4v) is 0.660. The summed E-state index contributed by atoms with van der Waals surface area (Å²) in [5.74, 6) is -1.02. The lowest BCUT2D eigenvalue weighted by molar-refractivity contribution is -0.140. The van der Waals surface area contributed by atoms with Crippen LogP contribution in [0.5, 0.6) is 0 Å². The van der Waals surface area contributed by atoms with Crippen LogP contribution < -0.4 is 5.73 Å². The lowest BCUT2D eigenvalue weighted by atomic mass is 9.93. The van der Waals surface area contributed by atoms with Gasteiger partial charge in [0.15, 0.2) is 0 Å². The molecule has 0 saturated heterocycles. The Morgan fingerprint density at radius 1 is 1.54 bits per heavy atom. The number of carboxylic acid groups (broad SMARTS) is 1. The molecule has 0 aromatic rings. The molecule has 0 aromatic heterocycles. The summed E-state index contributed by atoms with van der Waals surface area (Å²) in [5, 5.41) is 8.44. The highest BCUT2D eigenvalue weighted by Crippen LogP contribution is 2.17. The van der Waals surface area contributed by atoms with Crippen LogP contribution in [-0.4, -0.2) is 30.3 Å². The number of hydrogen-bond acceptors (Lipinski definition) is 3. The van der Waals surface area contributed by atoms with Crippen molar-refractivity contribution in [1.29, 1.82) is 0 Å². The number of aliphatic carboxylic acids is 1. The highest BCUT2D eigenvalue weighted by Gasteiger charge is 2.13. The molecule has 0 radical (unpaired) electrons. The number of nitrogens with two attached hydrogens (primary N) is 1. The molecule has 0 fully saturated rings. The third kappa shape index (κ3) is 7.74. The van der Waals surface area contributed by atoms with E-state index in [1.54, 1.807) is 0 Å². The van der Waals surface area contributed by atoms with Gasteiger partial charge in [0.2, 0.25) is 0 Å². The predicted molar refractivity (Wildman–Crippen MR) is 50.5 cm³/mol. The average molecular weight is 189 g/mol. The van der Waals surface area contributed by atoms with Crippen LogP contribution in [0.2, 0.25) is 0 Å². The second kappa shape index (κ2) is 5.19. The Hall–Kier alpha value is -0.610. The first-order valence-corrected chi connectivity index (χ1v) is 4.39. The van der Waals surface area contributed by atoms with Crippen molar-refractivity contribution in [3.05, 3.63) is 0 Å². The lowest BCUT2D eigenvalue weighted by Gasteiger charge is -2.18. The number of carboxylic acids is 1. The van der Waals surface area contributed by atoms with Gasteiger partial charge in [-0.2, -0.15) is 0 Å². The Labute approximate surface area is 79.1 Å². The summed E-state index contributed by atoms with van der Waals surface area (Å²) in [6.07, 6.45) is 0.902. The van der Waals surface area contributed by atoms with Gasteiger partial charge >= 0.3 is 5.97 Å². The Balaban J connectivity index is 3.41. The van der Waals surface area contributed by atoms with Gasteiger partial charge in [-0.15, -0.1) is 0 Å². The van der Waals surface area contributed by atoms with Gasteiger partial charge in [-0.3, -0.25) is 4.79 Å². The quantitative estimate of drug-likeness (QED) is 0.629. The molecule has 0 aliphatic heterocycles. The fourth-order valence-electron chi connectivity index (χ4n) is 0.660. The van der Waals surface area contributed by atoms with E-state index >= 15 is 0 Å². The van der Waals surface area contributed by atoms with Crippen LogP contribution in [0.4, 0.5) is 0 Å². The summed E-state index contributed by atoms with van der Waals surface area (Å²) >= 11 is 0. The standard InChI is InChI=1S/C9H19NO3/c1-9(2,3)4-5-13-6-7(10)8(11)12/h7H,4-6,10H2,1-3H3,(H,11,12)/t7-/m0/s1. The van der Waals surface area contributed by atoms with Gasteiger partial charge in [-0.1, -0.05) is 20.8 Å². The smallest absolute Gasteiger partial charge is 0.322 e. The van der Waals surface area contributed by atoms with E-state index in [0.717, 1.165) is 6.42 Å². The number of hydrogen-bond donors (Lipinski definition) is 2. The largest absolute Gasteiger partial charge is 0.480 e. The summed E-state index contributed by atoms with van der Waals surface area (Å²) < 4.78 is 5.13. The van der Waals surface area contributed by atoms with Gasteiger partial charge in [0.1, 0.15) is 6.04 Å². The van der Waals surface area contributed by atoms with Crippen LogP contribution in [0.3, 0.4) is 0 Å². The zero-order chi connectivity index (χ0) is 10.5. The second-order valence-electron chi connectivity index (χ2n) is 4.33. The van der Waals surface area contributed by atoms with Crippen LogP contribution in [0.25, 0.3) is 0 Å². The second-order valence-corrected chi connectivity index (χ2v) is 4.33. The minimum absolute atomic E-state index is 0.0887. The Bertz CT molecular complexity index is 163. The molecule has 4 heteroatoms. The molecule has 0 saturated carbocycles. The zero-order valence-corrected chi connectivity index (χ0v) is 8.54. The van der Waals surface area contributed by atoms with Crippen LogP contribution >= 0.6 is 0 Å². The molecule has 4 nitrogen and oxygen atoms in total. The van der Waals surface area contributed by atoms with E-state index in [2.05, 4.69) is 20.8 Å². The summed E-state index contributed by atoms with van der Waals surface area (Å²) in [4.78, 5) is 10.3. The minimum atomic E-state index is -1.02. The van der Waals surface area contributed by atoms with E-state index in [4.69, 9.17) is 15.6 Å². The predicted octanol–water partition coefficient (Wildman–Crippen LogP) is 0.851. The van der Waals surface area contributed by atoms with Crippen LogP contribution in [0.1, 0.15) is 27.2 Å². The van der Waals surface area contributed by atoms with Gasteiger partial charge in [0.05, 0.1) is 6.61 Å². The SMILES string of the molecule is CC(C)(C)CCOC[C@H](N)C(=O)O. The molecule has 3 N–H and O–H groups in total. The van der Waals surface area contributed by atoms with Crippen molar-refractivity contribution in [2.45, 2.75) is 33.2 Å². The molecule has 0 amide bonds. The average Bonchev–Trinajstić information content (AvgIpc) is 1.95. The minimum Gasteiger partial charge on any atom is -0.480 e. The normalized spacial score (nSPS) is 14.2. The molecule has 0 unspecified atom stereocenters. The van der Waals surface area contributed by atoms with Crippen LogP contribution in [0.15, 0.2) is 0 Å². The van der Waals surface area contributed by atoms with Crippen LogP contribution in [0, 0.1) is 5.41 Å². The highest BCUT2D eigenvalue weighted by atomic mass is 16.5. The fraction of sp³-hybridized carbons (Fsp3) is 0.889. The van der Waals surface area contributed by atoms with Crippen molar-refractivity contribution in [1.82, 2.24) is 0 Å². The van der Waals surface area contributed by atoms with Crippen molar-refractivity contribution >= 4 is 5.97 Å². The molecule has 0 rings (SSSR count). The molecule has 0 spiro atoms. The van der Waals surface area contributed by atoms with Crippen molar-refractivity contribution in [3.63, 3.8) is 0 Å². The van der Waals surface area contributed by atoms with E-state index in [0.29, 0.717) is 6.61 Å². The Morgan fingerprint density at radius 2 is 2.08 bits per heavy atom. The molecule has 78 valence electrons. The van der Waals surface area contributed by atoms with E-state index in [9.17, 15) is 4.79 Å². The molecule has 1 atom stereocenters. The van der Waals surface area contributed by atoms with Crippen LogP contribution in [-0.2, 0) is 9.53 Å².